The molecular formula is C15H21NO3. The molecular weight excluding hydrogens is 242 g/mol. The molecule has 104 valence electrons. The van der Waals surface area contributed by atoms with Crippen LogP contribution in [0.2, 0.25) is 0 Å². The Morgan fingerprint density at radius 2 is 2.00 bits per heavy atom. The molecule has 4 heteroatoms. The van der Waals surface area contributed by atoms with E-state index in [2.05, 4.69) is 5.32 Å². The third-order valence-electron chi connectivity index (χ3n) is 2.61. The zero-order chi connectivity index (χ0) is 14.1. The second-order valence-electron chi connectivity index (χ2n) is 5.05. The summed E-state index contributed by atoms with van der Waals surface area (Å²) >= 11 is 0. The number of benzene rings is 1. The van der Waals surface area contributed by atoms with E-state index in [1.807, 2.05) is 44.2 Å². The van der Waals surface area contributed by atoms with Crippen LogP contribution in [0.4, 0.5) is 4.79 Å². The first-order valence-electron chi connectivity index (χ1n) is 6.48. The van der Waals surface area contributed by atoms with Gasteiger partial charge in [0.2, 0.25) is 0 Å². The van der Waals surface area contributed by atoms with Gasteiger partial charge in [0.05, 0.1) is 0 Å². The maximum Gasteiger partial charge on any atom is 0.407 e. The van der Waals surface area contributed by atoms with Gasteiger partial charge in [-0.15, -0.1) is 0 Å². The average Bonchev–Trinajstić information content (AvgIpc) is 2.34. The van der Waals surface area contributed by atoms with E-state index in [-0.39, 0.29) is 0 Å². The number of hydrogen-bond acceptors (Lipinski definition) is 3. The molecule has 0 bridgehead atoms. The summed E-state index contributed by atoms with van der Waals surface area (Å²) in [5, 5.41) is 2.64. The minimum absolute atomic E-state index is 0.438. The molecule has 0 aromatic heterocycles. The molecule has 0 unspecified atom stereocenters. The molecule has 0 aliphatic rings. The van der Waals surface area contributed by atoms with Gasteiger partial charge in [0, 0.05) is 19.4 Å². The zero-order valence-corrected chi connectivity index (χ0v) is 11.5. The topological polar surface area (TPSA) is 55.4 Å². The van der Waals surface area contributed by atoms with Gasteiger partial charge >= 0.3 is 6.09 Å². The molecule has 0 saturated carbocycles. The van der Waals surface area contributed by atoms with Crippen molar-refractivity contribution in [2.45, 2.75) is 38.7 Å². The van der Waals surface area contributed by atoms with Crippen LogP contribution >= 0.6 is 0 Å². The number of carbonyl (C=O) groups excluding carboxylic acids is 2. The summed E-state index contributed by atoms with van der Waals surface area (Å²) in [5.74, 6) is 0. The molecule has 0 heterocycles. The number of amides is 1. The smallest absolute Gasteiger partial charge is 0.407 e. The molecule has 1 aromatic rings. The fourth-order valence-corrected chi connectivity index (χ4v) is 1.79. The lowest BCUT2D eigenvalue weighted by Crippen LogP contribution is -2.36. The highest BCUT2D eigenvalue weighted by atomic mass is 16.6. The lowest BCUT2D eigenvalue weighted by Gasteiger charge is -2.25. The van der Waals surface area contributed by atoms with Gasteiger partial charge in [0.15, 0.2) is 0 Å². The third-order valence-corrected chi connectivity index (χ3v) is 2.61. The van der Waals surface area contributed by atoms with Crippen molar-refractivity contribution >= 4 is 12.4 Å². The van der Waals surface area contributed by atoms with Crippen LogP contribution in [0.25, 0.3) is 0 Å². The van der Waals surface area contributed by atoms with E-state index in [4.69, 9.17) is 4.74 Å². The maximum atomic E-state index is 11.6. The SMILES string of the molecule is CC(C)(Cc1ccccc1)OC(=O)NCCCC=O. The second kappa shape index (κ2) is 7.56. The number of ether oxygens (including phenoxy) is 1. The molecule has 0 atom stereocenters. The summed E-state index contributed by atoms with van der Waals surface area (Å²) in [6, 6.07) is 9.90. The van der Waals surface area contributed by atoms with Gasteiger partial charge in [-0.05, 0) is 25.8 Å². The van der Waals surface area contributed by atoms with Crippen molar-refractivity contribution in [1.82, 2.24) is 5.32 Å². The van der Waals surface area contributed by atoms with Crippen LogP contribution in [0, 0.1) is 0 Å². The Balaban J connectivity index is 2.37. The van der Waals surface area contributed by atoms with Gasteiger partial charge in [-0.3, -0.25) is 0 Å². The van der Waals surface area contributed by atoms with Gasteiger partial charge < -0.3 is 14.8 Å². The van der Waals surface area contributed by atoms with Crippen LogP contribution in [0.1, 0.15) is 32.3 Å². The van der Waals surface area contributed by atoms with Crippen LogP contribution < -0.4 is 5.32 Å². The number of carbonyl (C=O) groups is 2. The summed E-state index contributed by atoms with van der Waals surface area (Å²) < 4.78 is 5.38. The van der Waals surface area contributed by atoms with Crippen molar-refractivity contribution in [2.24, 2.45) is 0 Å². The van der Waals surface area contributed by atoms with Crippen LogP contribution in [0.15, 0.2) is 30.3 Å². The van der Waals surface area contributed by atoms with E-state index in [0.717, 1.165) is 11.8 Å². The summed E-state index contributed by atoms with van der Waals surface area (Å²) in [4.78, 5) is 21.7. The number of nitrogens with one attached hydrogen (secondary N) is 1. The maximum absolute atomic E-state index is 11.6. The van der Waals surface area contributed by atoms with Gasteiger partial charge in [-0.2, -0.15) is 0 Å². The zero-order valence-electron chi connectivity index (χ0n) is 11.5. The van der Waals surface area contributed by atoms with Crippen LogP contribution in [0.3, 0.4) is 0 Å². The number of aldehydes is 1. The van der Waals surface area contributed by atoms with E-state index < -0.39 is 11.7 Å². The fraction of sp³-hybridized carbons (Fsp3) is 0.467. The molecule has 0 spiro atoms. The van der Waals surface area contributed by atoms with E-state index in [1.54, 1.807) is 0 Å². The first-order chi connectivity index (χ1) is 9.03. The predicted octanol–water partition coefficient (Wildman–Crippen LogP) is 2.71. The minimum atomic E-state index is -0.559. The number of hydrogen-bond donors (Lipinski definition) is 1. The number of rotatable bonds is 7. The standard InChI is InChI=1S/C15H21NO3/c1-15(2,12-13-8-4-3-5-9-13)19-14(18)16-10-6-7-11-17/h3-5,8-9,11H,6-7,10,12H2,1-2H3,(H,16,18). The Morgan fingerprint density at radius 3 is 2.63 bits per heavy atom. The van der Waals surface area contributed by atoms with Gasteiger partial charge in [0.25, 0.3) is 0 Å². The van der Waals surface area contributed by atoms with Crippen molar-refractivity contribution < 1.29 is 14.3 Å². The van der Waals surface area contributed by atoms with E-state index in [1.165, 1.54) is 0 Å². The molecule has 0 fully saturated rings. The van der Waals surface area contributed by atoms with Crippen molar-refractivity contribution in [3.63, 3.8) is 0 Å². The quantitative estimate of drug-likeness (QED) is 0.608. The highest BCUT2D eigenvalue weighted by molar-refractivity contribution is 5.67. The van der Waals surface area contributed by atoms with Crippen molar-refractivity contribution in [1.29, 1.82) is 0 Å². The Kier molecular flexibility index (Phi) is 6.06. The highest BCUT2D eigenvalue weighted by Crippen LogP contribution is 2.16. The molecule has 1 rings (SSSR count). The third kappa shape index (κ3) is 6.60. The molecule has 1 amide bonds. The van der Waals surface area contributed by atoms with E-state index in [0.29, 0.717) is 25.8 Å². The fourth-order valence-electron chi connectivity index (χ4n) is 1.79. The molecule has 1 aromatic carbocycles. The molecule has 0 saturated heterocycles. The lowest BCUT2D eigenvalue weighted by atomic mass is 9.98. The minimum Gasteiger partial charge on any atom is -0.443 e. The largest absolute Gasteiger partial charge is 0.443 e. The van der Waals surface area contributed by atoms with E-state index in [9.17, 15) is 9.59 Å². The summed E-state index contributed by atoms with van der Waals surface area (Å²) in [6.45, 7) is 4.22. The molecule has 1 N–H and O–H groups in total. The lowest BCUT2D eigenvalue weighted by molar-refractivity contribution is -0.107. The first-order valence-corrected chi connectivity index (χ1v) is 6.48. The summed E-state index contributed by atoms with van der Waals surface area (Å²) in [6.07, 6.45) is 2.15. The number of unbranched alkanes of at least 4 members (excludes halogenated alkanes) is 1. The molecule has 19 heavy (non-hydrogen) atoms. The first kappa shape index (κ1) is 15.2. The Morgan fingerprint density at radius 1 is 1.32 bits per heavy atom. The number of alkyl carbamates (subject to hydrolysis) is 1. The Labute approximate surface area is 114 Å². The summed E-state index contributed by atoms with van der Waals surface area (Å²) in [7, 11) is 0. The van der Waals surface area contributed by atoms with Gasteiger partial charge in [-0.25, -0.2) is 4.79 Å². The monoisotopic (exact) mass is 263 g/mol. The van der Waals surface area contributed by atoms with Crippen molar-refractivity contribution in [2.75, 3.05) is 6.54 Å². The summed E-state index contributed by atoms with van der Waals surface area (Å²) in [5.41, 5.74) is 0.567. The highest BCUT2D eigenvalue weighted by Gasteiger charge is 2.23. The Bertz CT molecular complexity index is 401. The van der Waals surface area contributed by atoms with Crippen LogP contribution in [-0.4, -0.2) is 24.5 Å². The normalized spacial score (nSPS) is 10.8. The van der Waals surface area contributed by atoms with Gasteiger partial charge in [0.1, 0.15) is 11.9 Å². The average molecular weight is 263 g/mol. The van der Waals surface area contributed by atoms with Crippen molar-refractivity contribution in [3.8, 4) is 0 Å². The second-order valence-corrected chi connectivity index (χ2v) is 5.05. The van der Waals surface area contributed by atoms with Gasteiger partial charge in [-0.1, -0.05) is 30.3 Å². The molecule has 0 radical (unpaired) electrons. The molecule has 0 aliphatic carbocycles. The van der Waals surface area contributed by atoms with E-state index >= 15 is 0 Å². The molecule has 0 aliphatic heterocycles. The van der Waals surface area contributed by atoms with Crippen LogP contribution in [-0.2, 0) is 16.0 Å². The van der Waals surface area contributed by atoms with Crippen molar-refractivity contribution in [3.05, 3.63) is 35.9 Å². The predicted molar refractivity (Wildman–Crippen MR) is 74.0 cm³/mol. The molecule has 4 nitrogen and oxygen atoms in total. The Hall–Kier alpha value is -1.84. The van der Waals surface area contributed by atoms with Crippen LogP contribution in [0.5, 0.6) is 0 Å².